The zero-order chi connectivity index (χ0) is 26.1. The molecule has 6 fully saturated rings. The minimum Gasteiger partial charge on any atom is -0.447 e. The summed E-state index contributed by atoms with van der Waals surface area (Å²) in [6.45, 7) is 12.1. The topological polar surface area (TPSA) is 79.2 Å². The van der Waals surface area contributed by atoms with Crippen molar-refractivity contribution in [3.05, 3.63) is 0 Å². The van der Waals surface area contributed by atoms with E-state index in [0.717, 1.165) is 32.1 Å². The van der Waals surface area contributed by atoms with Gasteiger partial charge in [0, 0.05) is 19.5 Å². The molecule has 1 saturated heterocycles. The fourth-order valence-electron chi connectivity index (χ4n) is 11.8. The molecule has 2 spiro atoms. The first-order valence-corrected chi connectivity index (χ1v) is 14.6. The molecule has 1 aliphatic heterocycles. The third-order valence-corrected chi connectivity index (χ3v) is 13.6. The van der Waals surface area contributed by atoms with Crippen LogP contribution in [0.2, 0.25) is 0 Å². The zero-order valence-corrected chi connectivity index (χ0v) is 23.5. The molecule has 36 heavy (non-hydrogen) atoms. The maximum absolute atomic E-state index is 12.2. The molecule has 0 aromatic rings. The number of hydrogen-bond acceptors (Lipinski definition) is 5. The van der Waals surface area contributed by atoms with Gasteiger partial charge in [0.15, 0.2) is 0 Å². The molecule has 6 aliphatic rings. The van der Waals surface area contributed by atoms with Gasteiger partial charge in [-0.1, -0.05) is 34.6 Å². The highest BCUT2D eigenvalue weighted by Gasteiger charge is 2.84. The number of fused-ring (bicyclic) bond motifs is 4. The lowest BCUT2D eigenvalue weighted by Gasteiger charge is -2.63. The molecule has 0 aromatic carbocycles. The van der Waals surface area contributed by atoms with Gasteiger partial charge >= 0.3 is 6.09 Å². The van der Waals surface area contributed by atoms with Gasteiger partial charge in [0.25, 0.3) is 0 Å². The molecule has 1 amide bonds. The lowest BCUT2D eigenvalue weighted by molar-refractivity contribution is -0.182. The maximum Gasteiger partial charge on any atom is 0.409 e. The number of amides is 1. The Bertz CT molecular complexity index is 936. The van der Waals surface area contributed by atoms with Crippen LogP contribution in [0.4, 0.5) is 4.79 Å². The number of carbonyl (C=O) groups excluding carboxylic acids is 1. The highest BCUT2D eigenvalue weighted by molar-refractivity contribution is 5.66. The number of aliphatic hydroxyl groups is 2. The molecule has 1 heterocycles. The summed E-state index contributed by atoms with van der Waals surface area (Å²) in [5.74, 6) is 1.83. The molecule has 6 nitrogen and oxygen atoms in total. The molecule has 6 rings (SSSR count). The summed E-state index contributed by atoms with van der Waals surface area (Å²) in [7, 11) is 3.39. The summed E-state index contributed by atoms with van der Waals surface area (Å²) in [6, 6.07) is 0. The van der Waals surface area contributed by atoms with E-state index in [2.05, 4.69) is 34.6 Å². The van der Waals surface area contributed by atoms with E-state index >= 15 is 0 Å². The van der Waals surface area contributed by atoms with Gasteiger partial charge in [0.1, 0.15) is 6.61 Å². The van der Waals surface area contributed by atoms with E-state index in [0.29, 0.717) is 34.5 Å². The van der Waals surface area contributed by atoms with Crippen LogP contribution in [-0.4, -0.2) is 66.3 Å². The van der Waals surface area contributed by atoms with Crippen molar-refractivity contribution in [3.63, 3.8) is 0 Å². The molecular weight excluding hydrogens is 454 g/mol. The Kier molecular flexibility index (Phi) is 5.39. The first-order valence-electron chi connectivity index (χ1n) is 14.6. The van der Waals surface area contributed by atoms with Crippen molar-refractivity contribution in [2.24, 2.45) is 50.7 Å². The quantitative estimate of drug-likeness (QED) is 0.563. The zero-order valence-electron chi connectivity index (χ0n) is 23.5. The fourth-order valence-corrected chi connectivity index (χ4v) is 11.8. The molecule has 6 heteroatoms. The Balaban J connectivity index is 1.30. The van der Waals surface area contributed by atoms with Crippen LogP contribution in [0.3, 0.4) is 0 Å². The molecule has 3 unspecified atom stereocenters. The van der Waals surface area contributed by atoms with Crippen LogP contribution in [0.25, 0.3) is 0 Å². The minimum atomic E-state index is -0.499. The van der Waals surface area contributed by atoms with Crippen molar-refractivity contribution in [2.75, 3.05) is 20.7 Å². The number of rotatable bonds is 2. The third-order valence-electron chi connectivity index (χ3n) is 13.6. The monoisotopic (exact) mass is 503 g/mol. The predicted octanol–water partition coefficient (Wildman–Crippen LogP) is 4.86. The van der Waals surface area contributed by atoms with Gasteiger partial charge in [-0.3, -0.25) is 0 Å². The Labute approximate surface area is 217 Å². The number of ether oxygens (including phenoxy) is 2. The second-order valence-electron chi connectivity index (χ2n) is 15.1. The van der Waals surface area contributed by atoms with Gasteiger partial charge in [-0.15, -0.1) is 0 Å². The molecule has 5 saturated carbocycles. The Morgan fingerprint density at radius 3 is 2.36 bits per heavy atom. The van der Waals surface area contributed by atoms with Crippen molar-refractivity contribution in [1.29, 1.82) is 0 Å². The predicted molar refractivity (Wildman–Crippen MR) is 137 cm³/mol. The van der Waals surface area contributed by atoms with Crippen LogP contribution < -0.4 is 0 Å². The van der Waals surface area contributed by atoms with Crippen LogP contribution in [0.5, 0.6) is 0 Å². The van der Waals surface area contributed by atoms with Crippen molar-refractivity contribution in [1.82, 2.24) is 4.90 Å². The van der Waals surface area contributed by atoms with Crippen LogP contribution in [0.15, 0.2) is 0 Å². The molecule has 0 bridgehead atoms. The number of nitrogens with zero attached hydrogens (tertiary/aromatic N) is 1. The molecule has 5 aliphatic carbocycles. The average Bonchev–Trinajstić information content (AvgIpc) is 3.45. The van der Waals surface area contributed by atoms with Crippen molar-refractivity contribution >= 4 is 6.09 Å². The summed E-state index contributed by atoms with van der Waals surface area (Å²) in [5.41, 5.74) is 0.508. The Hall–Kier alpha value is -0.850. The first-order chi connectivity index (χ1) is 16.8. The SMILES string of the molecule is C[C@@H]1CC(COC(=O)N(C)C)OC2[C@H]1[C@@]1(C)CC[C@@]34C[C@@]35CC[C@H](O)C(C)(C)[C@@H]5CCC4[C@]1(C)[C@H]2O. The highest BCUT2D eigenvalue weighted by Crippen LogP contribution is 2.89. The van der Waals surface area contributed by atoms with E-state index in [9.17, 15) is 15.0 Å². The minimum absolute atomic E-state index is 0.0223. The Morgan fingerprint density at radius 2 is 1.67 bits per heavy atom. The normalized spacial score (nSPS) is 56.4. The number of hydrogen-bond donors (Lipinski definition) is 2. The third kappa shape index (κ3) is 2.82. The van der Waals surface area contributed by atoms with Crippen LogP contribution in [0, 0.1) is 50.7 Å². The van der Waals surface area contributed by atoms with Crippen molar-refractivity contribution in [3.8, 4) is 0 Å². The van der Waals surface area contributed by atoms with Crippen LogP contribution in [-0.2, 0) is 9.47 Å². The smallest absolute Gasteiger partial charge is 0.409 e. The Morgan fingerprint density at radius 1 is 1.00 bits per heavy atom. The van der Waals surface area contributed by atoms with Crippen LogP contribution in [0.1, 0.15) is 86.0 Å². The van der Waals surface area contributed by atoms with E-state index in [1.165, 1.54) is 24.2 Å². The summed E-state index contributed by atoms with van der Waals surface area (Å²) in [4.78, 5) is 13.5. The van der Waals surface area contributed by atoms with E-state index in [1.807, 2.05) is 0 Å². The molecule has 12 atom stereocenters. The summed E-state index contributed by atoms with van der Waals surface area (Å²) < 4.78 is 12.1. The van der Waals surface area contributed by atoms with E-state index < -0.39 is 6.10 Å². The van der Waals surface area contributed by atoms with Crippen molar-refractivity contribution < 1.29 is 24.5 Å². The second kappa shape index (κ2) is 7.63. The first kappa shape index (κ1) is 25.4. The van der Waals surface area contributed by atoms with Crippen LogP contribution >= 0.6 is 0 Å². The standard InChI is InChI=1S/C30H49NO5/c1-17-14-18(15-35-25(34)31(6)7)36-23-22(17)27(4)12-13-30-16-29(30)11-10-21(32)26(2,3)19(29)8-9-20(30)28(27,5)24(23)33/h17-24,32-33H,8-16H2,1-7H3/t17-,18?,19+,20?,21+,22+,23?,24+,27-,28-,29-,30+/m1/s1. The molecule has 0 aromatic heterocycles. The fraction of sp³-hybridized carbons (Fsp3) is 0.967. The highest BCUT2D eigenvalue weighted by atomic mass is 16.6. The van der Waals surface area contributed by atoms with Gasteiger partial charge in [0.2, 0.25) is 0 Å². The average molecular weight is 504 g/mol. The lowest BCUT2D eigenvalue weighted by Crippen LogP contribution is -2.59. The lowest BCUT2D eigenvalue weighted by atomic mass is 9.41. The summed E-state index contributed by atoms with van der Waals surface area (Å²) >= 11 is 0. The van der Waals surface area contributed by atoms with Gasteiger partial charge in [-0.2, -0.15) is 0 Å². The van der Waals surface area contributed by atoms with E-state index in [-0.39, 0.29) is 47.3 Å². The van der Waals surface area contributed by atoms with Crippen molar-refractivity contribution in [2.45, 2.75) is 110 Å². The molecule has 0 radical (unpaired) electrons. The van der Waals surface area contributed by atoms with Gasteiger partial charge in [0.05, 0.1) is 24.4 Å². The maximum atomic E-state index is 12.2. The van der Waals surface area contributed by atoms with Gasteiger partial charge in [-0.05, 0) is 96.7 Å². The van der Waals surface area contributed by atoms with Gasteiger partial charge < -0.3 is 24.6 Å². The van der Waals surface area contributed by atoms with E-state index in [4.69, 9.17) is 9.47 Å². The summed E-state index contributed by atoms with van der Waals surface area (Å²) in [5, 5.41) is 23.1. The molecular formula is C30H49NO5. The number of aliphatic hydroxyl groups excluding tert-OH is 2. The summed E-state index contributed by atoms with van der Waals surface area (Å²) in [6.07, 6.45) is 7.59. The second-order valence-corrected chi connectivity index (χ2v) is 15.1. The number of carbonyl (C=O) groups is 1. The van der Waals surface area contributed by atoms with Gasteiger partial charge in [-0.25, -0.2) is 4.79 Å². The largest absolute Gasteiger partial charge is 0.447 e. The van der Waals surface area contributed by atoms with E-state index in [1.54, 1.807) is 14.1 Å². The molecule has 2 N–H and O–H groups in total. The molecule has 204 valence electrons.